The third-order valence-corrected chi connectivity index (χ3v) is 6.39. The molecule has 0 aliphatic rings. The van der Waals surface area contributed by atoms with Crippen molar-refractivity contribution in [1.29, 1.82) is 5.26 Å². The van der Waals surface area contributed by atoms with Crippen LogP contribution in [0.5, 0.6) is 0 Å². The highest BCUT2D eigenvalue weighted by Crippen LogP contribution is 2.41. The molecule has 4 N–H and O–H groups in total. The third-order valence-electron chi connectivity index (χ3n) is 5.28. The lowest BCUT2D eigenvalue weighted by Gasteiger charge is -2.09. The second-order valence-electron chi connectivity index (χ2n) is 7.17. The highest BCUT2D eigenvalue weighted by molar-refractivity contribution is 7.26. The molecule has 0 aliphatic carbocycles. The lowest BCUT2D eigenvalue weighted by molar-refractivity contribution is 1.05. The van der Waals surface area contributed by atoms with E-state index >= 15 is 0 Å². The summed E-state index contributed by atoms with van der Waals surface area (Å²) in [4.78, 5) is 0. The van der Waals surface area contributed by atoms with Gasteiger partial charge in [-0.05, 0) is 59.2 Å². The molecule has 4 aromatic rings. The Morgan fingerprint density at radius 1 is 0.903 bits per heavy atom. The van der Waals surface area contributed by atoms with E-state index in [4.69, 9.17) is 16.7 Å². The van der Waals surface area contributed by atoms with Crippen molar-refractivity contribution in [2.24, 2.45) is 11.5 Å². The van der Waals surface area contributed by atoms with Gasteiger partial charge in [-0.25, -0.2) is 0 Å². The molecule has 0 saturated carbocycles. The van der Waals surface area contributed by atoms with Crippen LogP contribution in [-0.2, 0) is 0 Å². The van der Waals surface area contributed by atoms with Crippen LogP contribution in [0, 0.1) is 11.3 Å². The van der Waals surface area contributed by atoms with E-state index in [9.17, 15) is 0 Å². The first-order valence-electron chi connectivity index (χ1n) is 10.2. The molecule has 0 unspecified atom stereocenters. The highest BCUT2D eigenvalue weighted by Gasteiger charge is 2.13. The van der Waals surface area contributed by atoms with E-state index in [0.29, 0.717) is 5.57 Å². The molecule has 4 rings (SSSR count). The second kappa shape index (κ2) is 9.34. The van der Waals surface area contributed by atoms with Crippen molar-refractivity contribution in [2.45, 2.75) is 12.8 Å². The summed E-state index contributed by atoms with van der Waals surface area (Å²) in [6.45, 7) is 0. The molecule has 1 aromatic heterocycles. The zero-order valence-corrected chi connectivity index (χ0v) is 17.9. The fourth-order valence-corrected chi connectivity index (χ4v) is 5.02. The van der Waals surface area contributed by atoms with Crippen molar-refractivity contribution in [1.82, 2.24) is 0 Å². The van der Waals surface area contributed by atoms with Gasteiger partial charge in [-0.3, -0.25) is 0 Å². The Morgan fingerprint density at radius 3 is 2.39 bits per heavy atom. The zero-order valence-electron chi connectivity index (χ0n) is 17.1. The molecule has 0 spiro atoms. The van der Waals surface area contributed by atoms with Crippen LogP contribution in [0.1, 0.15) is 18.4 Å². The van der Waals surface area contributed by atoms with Gasteiger partial charge in [-0.15, -0.1) is 11.3 Å². The molecule has 152 valence electrons. The van der Waals surface area contributed by atoms with E-state index in [1.165, 1.54) is 37.1 Å². The molecule has 31 heavy (non-hydrogen) atoms. The molecule has 0 bridgehead atoms. The minimum absolute atomic E-state index is 0.576. The lowest BCUT2D eigenvalue weighted by atomic mass is 9.95. The maximum atomic E-state index is 9.06. The molecule has 0 saturated heterocycles. The van der Waals surface area contributed by atoms with Gasteiger partial charge in [0.25, 0.3) is 0 Å². The molecule has 0 aliphatic heterocycles. The van der Waals surface area contributed by atoms with Gasteiger partial charge >= 0.3 is 0 Å². The smallest absolute Gasteiger partial charge is 0.0988 e. The summed E-state index contributed by atoms with van der Waals surface area (Å²) in [6, 6.07) is 21.5. The molecule has 4 heteroatoms. The van der Waals surface area contributed by atoms with Gasteiger partial charge in [0.2, 0.25) is 0 Å². The summed E-state index contributed by atoms with van der Waals surface area (Å²) in [6.07, 6.45) is 12.3. The molecule has 0 fully saturated rings. The van der Waals surface area contributed by atoms with E-state index in [1.807, 2.05) is 17.4 Å². The van der Waals surface area contributed by atoms with E-state index < -0.39 is 0 Å². The van der Waals surface area contributed by atoms with Gasteiger partial charge in [0, 0.05) is 31.9 Å². The van der Waals surface area contributed by atoms with Crippen LogP contribution >= 0.6 is 11.3 Å². The largest absolute Gasteiger partial charge is 0.405 e. The van der Waals surface area contributed by atoms with Gasteiger partial charge in [-0.1, -0.05) is 60.7 Å². The van der Waals surface area contributed by atoms with Crippen molar-refractivity contribution in [3.8, 4) is 6.07 Å². The van der Waals surface area contributed by atoms with Crippen LogP contribution in [-0.4, -0.2) is 0 Å². The number of unbranched alkanes of at least 4 members (excludes halogenated alkanes) is 1. The van der Waals surface area contributed by atoms with Crippen molar-refractivity contribution >= 4 is 47.9 Å². The van der Waals surface area contributed by atoms with E-state index in [1.54, 1.807) is 12.3 Å². The van der Waals surface area contributed by atoms with Crippen LogP contribution in [0.3, 0.4) is 0 Å². The number of hydrogen-bond donors (Lipinski definition) is 2. The summed E-state index contributed by atoms with van der Waals surface area (Å²) < 4.78 is 2.55. The minimum Gasteiger partial charge on any atom is -0.405 e. The molecule has 0 amide bonds. The first kappa shape index (κ1) is 20.5. The third kappa shape index (κ3) is 4.09. The number of hydrogen-bond acceptors (Lipinski definition) is 4. The first-order chi connectivity index (χ1) is 15.3. The van der Waals surface area contributed by atoms with Gasteiger partial charge < -0.3 is 11.5 Å². The van der Waals surface area contributed by atoms with Gasteiger partial charge in [0.05, 0.1) is 6.07 Å². The van der Waals surface area contributed by atoms with Gasteiger partial charge in [0.15, 0.2) is 0 Å². The van der Waals surface area contributed by atoms with Crippen molar-refractivity contribution in [2.75, 3.05) is 0 Å². The SMILES string of the molecule is N#CC(/C=C\N)=C/CC/C=C\C(=C/N)c1cc2sc3ccccc3c2c2ccccc12. The van der Waals surface area contributed by atoms with Crippen LogP contribution in [0.15, 0.2) is 96.9 Å². The summed E-state index contributed by atoms with van der Waals surface area (Å²) in [7, 11) is 0. The maximum Gasteiger partial charge on any atom is 0.0988 e. The van der Waals surface area contributed by atoms with Gasteiger partial charge in [-0.2, -0.15) is 5.26 Å². The van der Waals surface area contributed by atoms with E-state index in [2.05, 4.69) is 72.8 Å². The number of fused-ring (bicyclic) bond motifs is 5. The fourth-order valence-electron chi connectivity index (χ4n) is 3.86. The topological polar surface area (TPSA) is 75.8 Å². The number of thiophene rings is 1. The van der Waals surface area contributed by atoms with Crippen molar-refractivity contribution in [3.05, 3.63) is 102 Å². The highest BCUT2D eigenvalue weighted by atomic mass is 32.1. The Balaban J connectivity index is 1.72. The van der Waals surface area contributed by atoms with Crippen molar-refractivity contribution < 1.29 is 0 Å². The van der Waals surface area contributed by atoms with Gasteiger partial charge in [0.1, 0.15) is 0 Å². The number of rotatable bonds is 6. The predicted octanol–water partition coefficient (Wildman–Crippen LogP) is 6.77. The minimum atomic E-state index is 0.576. The number of benzene rings is 3. The molecule has 3 nitrogen and oxygen atoms in total. The quantitative estimate of drug-likeness (QED) is 0.205. The molecule has 0 atom stereocenters. The summed E-state index contributed by atoms with van der Waals surface area (Å²) in [5.41, 5.74) is 14.1. The monoisotopic (exact) mass is 421 g/mol. The summed E-state index contributed by atoms with van der Waals surface area (Å²) in [5.74, 6) is 0. The van der Waals surface area contributed by atoms with E-state index in [-0.39, 0.29) is 0 Å². The normalized spacial score (nSPS) is 13.1. The molecule has 0 radical (unpaired) electrons. The maximum absolute atomic E-state index is 9.06. The van der Waals surface area contributed by atoms with Crippen LogP contribution < -0.4 is 11.5 Å². The average Bonchev–Trinajstić information content (AvgIpc) is 3.19. The summed E-state index contributed by atoms with van der Waals surface area (Å²) >= 11 is 1.81. The molecule has 1 heterocycles. The Kier molecular flexibility index (Phi) is 6.16. The molecule has 3 aromatic carbocycles. The molecular weight excluding hydrogens is 398 g/mol. The van der Waals surface area contributed by atoms with E-state index in [0.717, 1.165) is 24.0 Å². The lowest BCUT2D eigenvalue weighted by Crippen LogP contribution is -1.90. The number of allylic oxidation sites excluding steroid dienone is 6. The number of nitrogens with zero attached hydrogens (tertiary/aromatic N) is 1. The van der Waals surface area contributed by atoms with Crippen molar-refractivity contribution in [3.63, 3.8) is 0 Å². The fraction of sp³-hybridized carbons (Fsp3) is 0.0741. The van der Waals surface area contributed by atoms with Crippen LogP contribution in [0.25, 0.3) is 36.5 Å². The van der Waals surface area contributed by atoms with Crippen LogP contribution in [0.4, 0.5) is 0 Å². The number of nitrogens with two attached hydrogens (primary N) is 2. The Morgan fingerprint density at radius 2 is 1.65 bits per heavy atom. The Bertz CT molecular complexity index is 1410. The average molecular weight is 422 g/mol. The molecular formula is C27H23N3S. The Hall–Kier alpha value is -3.81. The summed E-state index contributed by atoms with van der Waals surface area (Å²) in [5, 5.41) is 14.1. The second-order valence-corrected chi connectivity index (χ2v) is 8.26. The Labute approximate surface area is 185 Å². The zero-order chi connectivity index (χ0) is 21.6. The van der Waals surface area contributed by atoms with Crippen LogP contribution in [0.2, 0.25) is 0 Å². The predicted molar refractivity (Wildman–Crippen MR) is 134 cm³/mol. The standard InChI is InChI=1S/C27H23N3S/c28-15-14-19(17-29)8-2-1-3-9-20(18-30)24-16-26-27(22-11-5-4-10-21(22)24)23-12-6-7-13-25(23)31-26/h3-16,18H,1-2,28,30H2/b9-3-,15-14-,19-8+,20-18+. The first-order valence-corrected chi connectivity index (χ1v) is 11.0. The number of nitriles is 1.